The SMILES string of the molecule is CCCOc1cccc(NC2CCC(SC)C2)c1N. The molecule has 0 heterocycles. The van der Waals surface area contributed by atoms with Crippen LogP contribution in [0.2, 0.25) is 0 Å². The Bertz CT molecular complexity index is 411. The number of nitrogen functional groups attached to an aromatic ring is 1. The summed E-state index contributed by atoms with van der Waals surface area (Å²) in [4.78, 5) is 0. The van der Waals surface area contributed by atoms with Crippen molar-refractivity contribution in [3.63, 3.8) is 0 Å². The molecule has 2 unspecified atom stereocenters. The highest BCUT2D eigenvalue weighted by Crippen LogP contribution is 2.34. The van der Waals surface area contributed by atoms with E-state index in [2.05, 4.69) is 18.5 Å². The van der Waals surface area contributed by atoms with Crippen LogP contribution >= 0.6 is 11.8 Å². The van der Waals surface area contributed by atoms with E-state index < -0.39 is 0 Å². The van der Waals surface area contributed by atoms with E-state index >= 15 is 0 Å². The summed E-state index contributed by atoms with van der Waals surface area (Å²) in [6, 6.07) is 6.53. The second-order valence-electron chi connectivity index (χ2n) is 5.08. The molecular formula is C15H24N2OS. The summed E-state index contributed by atoms with van der Waals surface area (Å²) in [7, 11) is 0. The zero-order valence-electron chi connectivity index (χ0n) is 11.8. The fourth-order valence-corrected chi connectivity index (χ4v) is 3.31. The number of anilines is 2. The molecule has 3 nitrogen and oxygen atoms in total. The van der Waals surface area contributed by atoms with Gasteiger partial charge in [-0.15, -0.1) is 0 Å². The lowest BCUT2D eigenvalue weighted by Crippen LogP contribution is -2.17. The van der Waals surface area contributed by atoms with E-state index in [1.807, 2.05) is 30.0 Å². The average molecular weight is 280 g/mol. The summed E-state index contributed by atoms with van der Waals surface area (Å²) in [6.45, 7) is 2.81. The van der Waals surface area contributed by atoms with Gasteiger partial charge < -0.3 is 15.8 Å². The fraction of sp³-hybridized carbons (Fsp3) is 0.600. The van der Waals surface area contributed by atoms with Gasteiger partial charge in [0.25, 0.3) is 0 Å². The molecule has 1 aromatic rings. The summed E-state index contributed by atoms with van der Waals surface area (Å²) in [6.07, 6.45) is 6.94. The van der Waals surface area contributed by atoms with Gasteiger partial charge >= 0.3 is 0 Å². The Kier molecular flexibility index (Phi) is 5.25. The number of rotatable bonds is 6. The van der Waals surface area contributed by atoms with Crippen molar-refractivity contribution in [2.24, 2.45) is 0 Å². The number of para-hydroxylation sites is 1. The summed E-state index contributed by atoms with van der Waals surface area (Å²) < 4.78 is 5.66. The zero-order valence-corrected chi connectivity index (χ0v) is 12.6. The Hall–Kier alpha value is -1.03. The van der Waals surface area contributed by atoms with Crippen molar-refractivity contribution >= 4 is 23.1 Å². The van der Waals surface area contributed by atoms with E-state index in [9.17, 15) is 0 Å². The van der Waals surface area contributed by atoms with Crippen LogP contribution in [0.5, 0.6) is 5.75 Å². The third kappa shape index (κ3) is 3.72. The van der Waals surface area contributed by atoms with Crippen molar-refractivity contribution in [2.75, 3.05) is 23.9 Å². The number of ether oxygens (including phenoxy) is 1. The molecule has 0 bridgehead atoms. The van der Waals surface area contributed by atoms with Crippen molar-refractivity contribution < 1.29 is 4.74 Å². The molecule has 4 heteroatoms. The lowest BCUT2D eigenvalue weighted by molar-refractivity contribution is 0.319. The van der Waals surface area contributed by atoms with Gasteiger partial charge in [-0.1, -0.05) is 13.0 Å². The van der Waals surface area contributed by atoms with Gasteiger partial charge in [-0.25, -0.2) is 0 Å². The van der Waals surface area contributed by atoms with E-state index in [-0.39, 0.29) is 0 Å². The van der Waals surface area contributed by atoms with Crippen LogP contribution in [0.15, 0.2) is 18.2 Å². The quantitative estimate of drug-likeness (QED) is 0.779. The average Bonchev–Trinajstić information content (AvgIpc) is 2.87. The molecule has 19 heavy (non-hydrogen) atoms. The van der Waals surface area contributed by atoms with Gasteiger partial charge in [-0.05, 0) is 44.1 Å². The van der Waals surface area contributed by atoms with Crippen molar-refractivity contribution in [2.45, 2.75) is 43.9 Å². The molecule has 2 atom stereocenters. The minimum absolute atomic E-state index is 0.543. The molecule has 0 saturated heterocycles. The minimum Gasteiger partial charge on any atom is -0.491 e. The maximum absolute atomic E-state index is 6.18. The molecule has 1 saturated carbocycles. The van der Waals surface area contributed by atoms with E-state index in [0.717, 1.165) is 28.8 Å². The van der Waals surface area contributed by atoms with Crippen LogP contribution in [-0.4, -0.2) is 24.2 Å². The number of nitrogens with two attached hydrogens (primary N) is 1. The Morgan fingerprint density at radius 3 is 2.95 bits per heavy atom. The molecular weight excluding hydrogens is 256 g/mol. The lowest BCUT2D eigenvalue weighted by atomic mass is 10.2. The summed E-state index contributed by atoms with van der Waals surface area (Å²) in [5.74, 6) is 0.797. The monoisotopic (exact) mass is 280 g/mol. The molecule has 1 fully saturated rings. The molecule has 2 rings (SSSR count). The van der Waals surface area contributed by atoms with Gasteiger partial charge in [0, 0.05) is 11.3 Å². The Morgan fingerprint density at radius 1 is 1.42 bits per heavy atom. The van der Waals surface area contributed by atoms with Crippen molar-refractivity contribution in [1.82, 2.24) is 0 Å². The van der Waals surface area contributed by atoms with Crippen molar-refractivity contribution in [3.05, 3.63) is 18.2 Å². The zero-order chi connectivity index (χ0) is 13.7. The predicted molar refractivity (Wildman–Crippen MR) is 85.2 cm³/mol. The molecule has 0 amide bonds. The first kappa shape index (κ1) is 14.4. The van der Waals surface area contributed by atoms with E-state index in [4.69, 9.17) is 10.5 Å². The molecule has 0 aromatic heterocycles. The fourth-order valence-electron chi connectivity index (χ4n) is 2.51. The van der Waals surface area contributed by atoms with E-state index in [1.165, 1.54) is 19.3 Å². The number of hydrogen-bond donors (Lipinski definition) is 2. The minimum atomic E-state index is 0.543. The van der Waals surface area contributed by atoms with E-state index in [1.54, 1.807) is 0 Å². The smallest absolute Gasteiger partial charge is 0.144 e. The summed E-state index contributed by atoms with van der Waals surface area (Å²) in [5, 5.41) is 4.36. The Labute approximate surface area is 120 Å². The first-order valence-electron chi connectivity index (χ1n) is 7.05. The maximum Gasteiger partial charge on any atom is 0.144 e. The molecule has 0 spiro atoms. The number of thioether (sulfide) groups is 1. The normalized spacial score (nSPS) is 22.4. The van der Waals surface area contributed by atoms with Crippen molar-refractivity contribution in [3.8, 4) is 5.75 Å². The predicted octanol–water partition coefficient (Wildman–Crippen LogP) is 3.75. The topological polar surface area (TPSA) is 47.3 Å². The maximum atomic E-state index is 6.18. The highest BCUT2D eigenvalue weighted by atomic mass is 32.2. The third-order valence-corrected chi connectivity index (χ3v) is 4.70. The number of benzene rings is 1. The van der Waals surface area contributed by atoms with Crippen molar-refractivity contribution in [1.29, 1.82) is 0 Å². The van der Waals surface area contributed by atoms with Crippen LogP contribution in [0.1, 0.15) is 32.6 Å². The van der Waals surface area contributed by atoms with Crippen LogP contribution in [-0.2, 0) is 0 Å². The van der Waals surface area contributed by atoms with E-state index in [0.29, 0.717) is 12.6 Å². The summed E-state index contributed by atoms with van der Waals surface area (Å²) in [5.41, 5.74) is 7.93. The summed E-state index contributed by atoms with van der Waals surface area (Å²) >= 11 is 1.97. The largest absolute Gasteiger partial charge is 0.491 e. The van der Waals surface area contributed by atoms with Gasteiger partial charge in [0.1, 0.15) is 5.75 Å². The Balaban J connectivity index is 2.00. The van der Waals surface area contributed by atoms with Gasteiger partial charge in [0.05, 0.1) is 18.0 Å². The van der Waals surface area contributed by atoms with Crippen LogP contribution in [0.3, 0.4) is 0 Å². The van der Waals surface area contributed by atoms with Gasteiger partial charge in [0.2, 0.25) is 0 Å². The van der Waals surface area contributed by atoms with Crippen LogP contribution < -0.4 is 15.8 Å². The highest BCUT2D eigenvalue weighted by Gasteiger charge is 2.24. The second-order valence-corrected chi connectivity index (χ2v) is 6.22. The van der Waals surface area contributed by atoms with Gasteiger partial charge in [-0.3, -0.25) is 0 Å². The molecule has 3 N–H and O–H groups in total. The molecule has 0 radical (unpaired) electrons. The number of nitrogens with one attached hydrogen (secondary N) is 1. The molecule has 1 aliphatic carbocycles. The lowest BCUT2D eigenvalue weighted by Gasteiger charge is -2.18. The molecule has 1 aromatic carbocycles. The molecule has 1 aliphatic rings. The first-order valence-corrected chi connectivity index (χ1v) is 8.34. The Morgan fingerprint density at radius 2 is 2.26 bits per heavy atom. The number of hydrogen-bond acceptors (Lipinski definition) is 4. The molecule has 0 aliphatic heterocycles. The third-order valence-electron chi connectivity index (χ3n) is 3.61. The highest BCUT2D eigenvalue weighted by molar-refractivity contribution is 7.99. The van der Waals surface area contributed by atoms with Crippen LogP contribution in [0, 0.1) is 0 Å². The van der Waals surface area contributed by atoms with Gasteiger partial charge in [-0.2, -0.15) is 11.8 Å². The second kappa shape index (κ2) is 6.94. The first-order chi connectivity index (χ1) is 9.24. The molecule has 106 valence electrons. The van der Waals surface area contributed by atoms with Gasteiger partial charge in [0.15, 0.2) is 0 Å². The van der Waals surface area contributed by atoms with Crippen LogP contribution in [0.4, 0.5) is 11.4 Å². The standard InChI is InChI=1S/C15H24N2OS/c1-3-9-18-14-6-4-5-13(15(14)16)17-11-7-8-12(10-11)19-2/h4-6,11-12,17H,3,7-10,16H2,1-2H3. The van der Waals surface area contributed by atoms with Crippen LogP contribution in [0.25, 0.3) is 0 Å².